The normalized spacial score (nSPS) is 13.1. The third-order valence-corrected chi connectivity index (χ3v) is 5.40. The summed E-state index contributed by atoms with van der Waals surface area (Å²) in [7, 11) is 0. The lowest BCUT2D eigenvalue weighted by Crippen LogP contribution is -2.26. The van der Waals surface area contributed by atoms with Gasteiger partial charge in [0.15, 0.2) is 0 Å². The summed E-state index contributed by atoms with van der Waals surface area (Å²) in [6.45, 7) is 3.24. The first-order chi connectivity index (χ1) is 14.2. The molecular formula is C24H20N4O. The summed E-state index contributed by atoms with van der Waals surface area (Å²) in [5, 5.41) is 1.14. The molecule has 1 amide bonds. The van der Waals surface area contributed by atoms with Crippen LogP contribution in [0.4, 0.5) is 0 Å². The van der Waals surface area contributed by atoms with Crippen molar-refractivity contribution < 1.29 is 4.79 Å². The fourth-order valence-electron chi connectivity index (χ4n) is 3.90. The molecule has 3 aromatic heterocycles. The number of carbonyl (C=O) groups is 1. The molecule has 0 unspecified atom stereocenters. The second-order valence-electron chi connectivity index (χ2n) is 7.39. The van der Waals surface area contributed by atoms with Crippen LogP contribution in [-0.2, 0) is 13.0 Å². The van der Waals surface area contributed by atoms with E-state index in [1.165, 1.54) is 5.56 Å². The summed E-state index contributed by atoms with van der Waals surface area (Å²) >= 11 is 0. The number of nitrogens with zero attached hydrogens (tertiary/aromatic N) is 4. The molecule has 0 radical (unpaired) electrons. The van der Waals surface area contributed by atoms with Crippen LogP contribution in [0.3, 0.4) is 0 Å². The van der Waals surface area contributed by atoms with Gasteiger partial charge in [-0.15, -0.1) is 0 Å². The molecule has 1 aliphatic rings. The molecule has 1 aromatic carbocycles. The highest BCUT2D eigenvalue weighted by Gasteiger charge is 2.31. The standard InChI is InChI=1S/C24H20N4O/c1-16-2-5-21-18(14-16)3-4-19(27-21)9-13-28-15-22-23(24(28)29)20(8-12-26-22)17-6-10-25-11-7-17/h2-8,10-12,14H,9,13,15H2,1H3. The first-order valence-corrected chi connectivity index (χ1v) is 9.73. The zero-order chi connectivity index (χ0) is 19.8. The van der Waals surface area contributed by atoms with E-state index in [9.17, 15) is 4.79 Å². The molecule has 0 bridgehead atoms. The van der Waals surface area contributed by atoms with Gasteiger partial charge in [0.2, 0.25) is 0 Å². The lowest BCUT2D eigenvalue weighted by atomic mass is 10.0. The number of hydrogen-bond donors (Lipinski definition) is 0. The van der Waals surface area contributed by atoms with E-state index in [1.54, 1.807) is 18.6 Å². The number of aromatic nitrogens is 3. The number of aryl methyl sites for hydroxylation is 1. The van der Waals surface area contributed by atoms with Crippen molar-refractivity contribution in [1.82, 2.24) is 19.9 Å². The Morgan fingerprint density at radius 2 is 1.86 bits per heavy atom. The molecule has 0 saturated heterocycles. The highest BCUT2D eigenvalue weighted by atomic mass is 16.2. The van der Waals surface area contributed by atoms with Gasteiger partial charge in [-0.05, 0) is 54.4 Å². The van der Waals surface area contributed by atoms with Crippen LogP contribution in [-0.4, -0.2) is 32.3 Å². The van der Waals surface area contributed by atoms with Crippen LogP contribution in [0, 0.1) is 6.92 Å². The summed E-state index contributed by atoms with van der Waals surface area (Å²) in [6.07, 6.45) is 5.98. The highest BCUT2D eigenvalue weighted by Crippen LogP contribution is 2.31. The largest absolute Gasteiger partial charge is 0.332 e. The van der Waals surface area contributed by atoms with Gasteiger partial charge in [-0.25, -0.2) is 0 Å². The first-order valence-electron chi connectivity index (χ1n) is 9.73. The maximum absolute atomic E-state index is 13.1. The van der Waals surface area contributed by atoms with E-state index in [-0.39, 0.29) is 5.91 Å². The van der Waals surface area contributed by atoms with E-state index in [1.807, 2.05) is 23.1 Å². The minimum atomic E-state index is 0.0383. The highest BCUT2D eigenvalue weighted by molar-refractivity contribution is 6.04. The summed E-state index contributed by atoms with van der Waals surface area (Å²) < 4.78 is 0. The van der Waals surface area contributed by atoms with Crippen molar-refractivity contribution in [2.75, 3.05) is 6.54 Å². The van der Waals surface area contributed by atoms with Crippen molar-refractivity contribution in [1.29, 1.82) is 0 Å². The molecule has 0 atom stereocenters. The van der Waals surface area contributed by atoms with Crippen LogP contribution in [0.25, 0.3) is 22.0 Å². The Balaban J connectivity index is 1.37. The topological polar surface area (TPSA) is 59.0 Å². The Hall–Kier alpha value is -3.60. The molecular weight excluding hydrogens is 360 g/mol. The predicted molar refractivity (Wildman–Crippen MR) is 112 cm³/mol. The Labute approximate surface area is 169 Å². The number of carbonyl (C=O) groups excluding carboxylic acids is 1. The van der Waals surface area contributed by atoms with Gasteiger partial charge in [-0.2, -0.15) is 0 Å². The van der Waals surface area contributed by atoms with Gasteiger partial charge in [0.25, 0.3) is 5.91 Å². The monoisotopic (exact) mass is 380 g/mol. The molecule has 4 heterocycles. The lowest BCUT2D eigenvalue weighted by Gasteiger charge is -2.15. The third-order valence-electron chi connectivity index (χ3n) is 5.40. The third kappa shape index (κ3) is 3.25. The summed E-state index contributed by atoms with van der Waals surface area (Å²) in [4.78, 5) is 28.3. The van der Waals surface area contributed by atoms with Gasteiger partial charge in [0.1, 0.15) is 0 Å². The Kier molecular flexibility index (Phi) is 4.28. The molecule has 0 N–H and O–H groups in total. The molecule has 0 fully saturated rings. The average molecular weight is 380 g/mol. The van der Waals surface area contributed by atoms with E-state index in [0.29, 0.717) is 25.1 Å². The van der Waals surface area contributed by atoms with E-state index in [4.69, 9.17) is 4.98 Å². The first kappa shape index (κ1) is 17.5. The van der Waals surface area contributed by atoms with Crippen molar-refractivity contribution in [3.8, 4) is 11.1 Å². The molecule has 4 aromatic rings. The van der Waals surface area contributed by atoms with Crippen molar-refractivity contribution in [3.63, 3.8) is 0 Å². The molecule has 1 aliphatic heterocycles. The molecule has 5 nitrogen and oxygen atoms in total. The quantitative estimate of drug-likeness (QED) is 0.532. The number of hydrogen-bond acceptors (Lipinski definition) is 4. The van der Waals surface area contributed by atoms with Crippen molar-refractivity contribution in [2.24, 2.45) is 0 Å². The maximum Gasteiger partial charge on any atom is 0.256 e. The lowest BCUT2D eigenvalue weighted by molar-refractivity contribution is 0.0780. The van der Waals surface area contributed by atoms with Crippen LogP contribution in [0.5, 0.6) is 0 Å². The van der Waals surface area contributed by atoms with E-state index in [2.05, 4.69) is 47.2 Å². The maximum atomic E-state index is 13.1. The van der Waals surface area contributed by atoms with Crippen LogP contribution in [0.1, 0.15) is 27.3 Å². The number of fused-ring (bicyclic) bond motifs is 2. The van der Waals surface area contributed by atoms with Gasteiger partial charge >= 0.3 is 0 Å². The van der Waals surface area contributed by atoms with Crippen LogP contribution in [0.15, 0.2) is 67.1 Å². The van der Waals surface area contributed by atoms with Crippen LogP contribution in [0.2, 0.25) is 0 Å². The second-order valence-corrected chi connectivity index (χ2v) is 7.39. The molecule has 29 heavy (non-hydrogen) atoms. The fraction of sp³-hybridized carbons (Fsp3) is 0.167. The number of rotatable bonds is 4. The minimum Gasteiger partial charge on any atom is -0.332 e. The van der Waals surface area contributed by atoms with Crippen LogP contribution < -0.4 is 0 Å². The Morgan fingerprint density at radius 3 is 2.72 bits per heavy atom. The summed E-state index contributed by atoms with van der Waals surface area (Å²) in [6, 6.07) is 16.2. The summed E-state index contributed by atoms with van der Waals surface area (Å²) in [5.41, 5.74) is 6.67. The van der Waals surface area contributed by atoms with Gasteiger partial charge in [0, 0.05) is 42.6 Å². The predicted octanol–water partition coefficient (Wildman–Crippen LogP) is 4.20. The van der Waals surface area contributed by atoms with Crippen LogP contribution >= 0.6 is 0 Å². The van der Waals surface area contributed by atoms with Gasteiger partial charge in [0.05, 0.1) is 23.3 Å². The van der Waals surface area contributed by atoms with Crippen molar-refractivity contribution in [2.45, 2.75) is 19.9 Å². The van der Waals surface area contributed by atoms with E-state index < -0.39 is 0 Å². The number of benzene rings is 1. The Bertz CT molecular complexity index is 1220. The van der Waals surface area contributed by atoms with E-state index >= 15 is 0 Å². The molecule has 0 aliphatic carbocycles. The number of amides is 1. The zero-order valence-corrected chi connectivity index (χ0v) is 16.2. The van der Waals surface area contributed by atoms with Gasteiger partial charge < -0.3 is 4.90 Å². The molecule has 0 spiro atoms. The van der Waals surface area contributed by atoms with Gasteiger partial charge in [-0.1, -0.05) is 17.7 Å². The molecule has 5 rings (SSSR count). The molecule has 0 saturated carbocycles. The molecule has 5 heteroatoms. The minimum absolute atomic E-state index is 0.0383. The fourth-order valence-corrected chi connectivity index (χ4v) is 3.90. The van der Waals surface area contributed by atoms with Crippen molar-refractivity contribution in [3.05, 3.63) is 89.6 Å². The van der Waals surface area contributed by atoms with Gasteiger partial charge in [-0.3, -0.25) is 19.7 Å². The zero-order valence-electron chi connectivity index (χ0n) is 16.2. The van der Waals surface area contributed by atoms with Crippen molar-refractivity contribution >= 4 is 16.8 Å². The SMILES string of the molecule is Cc1ccc2nc(CCN3Cc4nccc(-c5ccncc5)c4C3=O)ccc2c1. The van der Waals surface area contributed by atoms with E-state index in [0.717, 1.165) is 33.4 Å². The average Bonchev–Trinajstić information content (AvgIpc) is 3.08. The second kappa shape index (κ2) is 7.09. The number of pyridine rings is 3. The smallest absolute Gasteiger partial charge is 0.256 e. The molecule has 142 valence electrons. The Morgan fingerprint density at radius 1 is 1.00 bits per heavy atom. The summed E-state index contributed by atoms with van der Waals surface area (Å²) in [5.74, 6) is 0.0383.